The fourth-order valence-electron chi connectivity index (χ4n) is 1.94. The molecule has 0 heterocycles. The largest absolute Gasteiger partial charge is 0.484 e. The first kappa shape index (κ1) is 16.4. The Morgan fingerprint density at radius 2 is 1.57 bits per heavy atom. The number of nitrogens with one attached hydrogen (secondary N) is 1. The lowest BCUT2D eigenvalue weighted by molar-refractivity contribution is -0.118. The number of benzene rings is 2. The minimum atomic E-state index is -0.325. The molecule has 0 spiro atoms. The Labute approximate surface area is 134 Å². The summed E-state index contributed by atoms with van der Waals surface area (Å²) in [6, 6.07) is 13.3. The van der Waals surface area contributed by atoms with Crippen LogP contribution in [-0.2, 0) is 4.79 Å². The van der Waals surface area contributed by atoms with Crippen molar-refractivity contribution in [2.45, 2.75) is 13.8 Å². The van der Waals surface area contributed by atoms with Crippen LogP contribution < -0.4 is 10.1 Å². The molecule has 0 atom stereocenters. The zero-order valence-electron chi connectivity index (χ0n) is 13.0. The molecule has 0 aliphatic carbocycles. The number of ether oxygens (including phenoxy) is 1. The summed E-state index contributed by atoms with van der Waals surface area (Å²) in [5.74, 6) is 0.0376. The minimum absolute atomic E-state index is 0.0310. The number of ketones is 2. The van der Waals surface area contributed by atoms with Crippen molar-refractivity contribution in [3.8, 4) is 5.75 Å². The fraction of sp³-hybridized carbons (Fsp3) is 0.167. The van der Waals surface area contributed by atoms with Gasteiger partial charge in [-0.25, -0.2) is 0 Å². The van der Waals surface area contributed by atoms with E-state index in [1.54, 1.807) is 48.5 Å². The standard InChI is InChI=1S/C18H17NO4/c1-12(20)14-6-8-16(9-7-14)19-18(22)11-23-17-5-3-4-15(10-17)13(2)21/h3-10H,11H2,1-2H3,(H,19,22). The summed E-state index contributed by atoms with van der Waals surface area (Å²) < 4.78 is 5.37. The summed E-state index contributed by atoms with van der Waals surface area (Å²) in [5.41, 5.74) is 1.70. The molecule has 0 saturated heterocycles. The molecule has 5 heteroatoms. The quantitative estimate of drug-likeness (QED) is 0.832. The first-order valence-corrected chi connectivity index (χ1v) is 7.10. The van der Waals surface area contributed by atoms with E-state index in [0.29, 0.717) is 22.6 Å². The molecule has 0 aromatic heterocycles. The second-order valence-corrected chi connectivity index (χ2v) is 5.05. The molecule has 0 unspecified atom stereocenters. The third kappa shape index (κ3) is 4.78. The van der Waals surface area contributed by atoms with E-state index in [4.69, 9.17) is 4.74 Å². The van der Waals surface area contributed by atoms with Gasteiger partial charge >= 0.3 is 0 Å². The first-order chi connectivity index (χ1) is 11.0. The Bertz CT molecular complexity index is 735. The van der Waals surface area contributed by atoms with E-state index >= 15 is 0 Å². The van der Waals surface area contributed by atoms with E-state index in [0.717, 1.165) is 0 Å². The SMILES string of the molecule is CC(=O)c1ccc(NC(=O)COc2cccc(C(C)=O)c2)cc1. The van der Waals surface area contributed by atoms with Gasteiger partial charge in [0.05, 0.1) is 0 Å². The number of rotatable bonds is 6. The lowest BCUT2D eigenvalue weighted by Crippen LogP contribution is -2.20. The molecule has 2 aromatic carbocycles. The molecule has 118 valence electrons. The van der Waals surface area contributed by atoms with Crippen LogP contribution in [0.4, 0.5) is 5.69 Å². The Hall–Kier alpha value is -2.95. The molecule has 2 rings (SSSR count). The van der Waals surface area contributed by atoms with Gasteiger partial charge in [0.15, 0.2) is 18.2 Å². The number of Topliss-reactive ketones (excluding diaryl/α,β-unsaturated/α-hetero) is 2. The molecule has 0 fully saturated rings. The summed E-state index contributed by atoms with van der Waals surface area (Å²) in [5, 5.41) is 2.67. The topological polar surface area (TPSA) is 72.5 Å². The first-order valence-electron chi connectivity index (χ1n) is 7.10. The Balaban J connectivity index is 1.91. The molecule has 1 N–H and O–H groups in total. The van der Waals surface area contributed by atoms with Crippen LogP contribution in [0.15, 0.2) is 48.5 Å². The smallest absolute Gasteiger partial charge is 0.262 e. The molecule has 0 bridgehead atoms. The van der Waals surface area contributed by atoms with Crippen LogP contribution in [0.2, 0.25) is 0 Å². The number of amides is 1. The highest BCUT2D eigenvalue weighted by Gasteiger charge is 2.06. The second kappa shape index (κ2) is 7.35. The molecule has 0 saturated carbocycles. The molecule has 23 heavy (non-hydrogen) atoms. The summed E-state index contributed by atoms with van der Waals surface area (Å²) in [7, 11) is 0. The minimum Gasteiger partial charge on any atom is -0.484 e. The van der Waals surface area contributed by atoms with Gasteiger partial charge in [0.2, 0.25) is 0 Å². The van der Waals surface area contributed by atoms with Crippen molar-refractivity contribution in [2.75, 3.05) is 11.9 Å². The maximum absolute atomic E-state index is 11.9. The highest BCUT2D eigenvalue weighted by atomic mass is 16.5. The lowest BCUT2D eigenvalue weighted by atomic mass is 10.1. The number of anilines is 1. The predicted octanol–water partition coefficient (Wildman–Crippen LogP) is 3.11. The van der Waals surface area contributed by atoms with Gasteiger partial charge in [-0.15, -0.1) is 0 Å². The fourth-order valence-corrected chi connectivity index (χ4v) is 1.94. The Kier molecular flexibility index (Phi) is 5.25. The third-order valence-electron chi connectivity index (χ3n) is 3.19. The maximum Gasteiger partial charge on any atom is 0.262 e. The van der Waals surface area contributed by atoms with Gasteiger partial charge < -0.3 is 10.1 Å². The van der Waals surface area contributed by atoms with Gasteiger partial charge in [0.1, 0.15) is 5.75 Å². The van der Waals surface area contributed by atoms with E-state index in [-0.39, 0.29) is 24.1 Å². The van der Waals surface area contributed by atoms with E-state index in [1.165, 1.54) is 13.8 Å². The zero-order chi connectivity index (χ0) is 16.8. The summed E-state index contributed by atoms with van der Waals surface area (Å²) in [6.07, 6.45) is 0. The second-order valence-electron chi connectivity index (χ2n) is 5.05. The summed E-state index contributed by atoms with van der Waals surface area (Å²) >= 11 is 0. The number of hydrogen-bond donors (Lipinski definition) is 1. The van der Waals surface area contributed by atoms with Gasteiger partial charge in [-0.3, -0.25) is 14.4 Å². The highest BCUT2D eigenvalue weighted by Crippen LogP contribution is 2.14. The number of carbonyl (C=O) groups excluding carboxylic acids is 3. The monoisotopic (exact) mass is 311 g/mol. The van der Waals surface area contributed by atoms with Crippen molar-refractivity contribution in [1.29, 1.82) is 0 Å². The Morgan fingerprint density at radius 1 is 0.913 bits per heavy atom. The predicted molar refractivity (Wildman–Crippen MR) is 87.0 cm³/mol. The molecular formula is C18H17NO4. The number of carbonyl (C=O) groups is 3. The zero-order valence-corrected chi connectivity index (χ0v) is 13.0. The molecule has 0 aliphatic rings. The average molecular weight is 311 g/mol. The number of hydrogen-bond acceptors (Lipinski definition) is 4. The van der Waals surface area contributed by atoms with Crippen LogP contribution in [0, 0.1) is 0 Å². The van der Waals surface area contributed by atoms with Crippen molar-refractivity contribution < 1.29 is 19.1 Å². The molecule has 1 amide bonds. The van der Waals surface area contributed by atoms with E-state index < -0.39 is 0 Å². The maximum atomic E-state index is 11.9. The average Bonchev–Trinajstić information content (AvgIpc) is 2.53. The third-order valence-corrected chi connectivity index (χ3v) is 3.19. The molecular weight excluding hydrogens is 294 g/mol. The van der Waals surface area contributed by atoms with Crippen molar-refractivity contribution in [2.24, 2.45) is 0 Å². The molecule has 5 nitrogen and oxygen atoms in total. The van der Waals surface area contributed by atoms with Gasteiger partial charge in [-0.05, 0) is 50.2 Å². The van der Waals surface area contributed by atoms with E-state index in [2.05, 4.69) is 5.32 Å². The van der Waals surface area contributed by atoms with Crippen LogP contribution in [0.25, 0.3) is 0 Å². The lowest BCUT2D eigenvalue weighted by Gasteiger charge is -2.08. The van der Waals surface area contributed by atoms with Crippen molar-refractivity contribution >= 4 is 23.2 Å². The summed E-state index contributed by atoms with van der Waals surface area (Å²) in [4.78, 5) is 34.3. The normalized spacial score (nSPS) is 10.0. The van der Waals surface area contributed by atoms with Gasteiger partial charge in [-0.1, -0.05) is 12.1 Å². The van der Waals surface area contributed by atoms with Crippen molar-refractivity contribution in [3.63, 3.8) is 0 Å². The summed E-state index contributed by atoms with van der Waals surface area (Å²) in [6.45, 7) is 2.78. The highest BCUT2D eigenvalue weighted by molar-refractivity contribution is 5.96. The van der Waals surface area contributed by atoms with Crippen LogP contribution in [-0.4, -0.2) is 24.1 Å². The van der Waals surface area contributed by atoms with Gasteiger partial charge in [0, 0.05) is 16.8 Å². The van der Waals surface area contributed by atoms with E-state index in [1.807, 2.05) is 0 Å². The van der Waals surface area contributed by atoms with Crippen LogP contribution in [0.5, 0.6) is 5.75 Å². The van der Waals surface area contributed by atoms with Crippen LogP contribution in [0.1, 0.15) is 34.6 Å². The van der Waals surface area contributed by atoms with Crippen molar-refractivity contribution in [3.05, 3.63) is 59.7 Å². The Morgan fingerprint density at radius 3 is 2.17 bits per heavy atom. The van der Waals surface area contributed by atoms with Gasteiger partial charge in [0.25, 0.3) is 5.91 Å². The van der Waals surface area contributed by atoms with Crippen molar-refractivity contribution in [1.82, 2.24) is 0 Å². The molecule has 0 aliphatic heterocycles. The van der Waals surface area contributed by atoms with E-state index in [9.17, 15) is 14.4 Å². The van der Waals surface area contributed by atoms with Crippen LogP contribution >= 0.6 is 0 Å². The molecule has 0 radical (unpaired) electrons. The van der Waals surface area contributed by atoms with Crippen LogP contribution in [0.3, 0.4) is 0 Å². The van der Waals surface area contributed by atoms with Gasteiger partial charge in [-0.2, -0.15) is 0 Å². The molecule has 2 aromatic rings.